The molecule has 1 aromatic rings. The number of methoxy groups -OCH3 is 1. The highest BCUT2D eigenvalue weighted by Crippen LogP contribution is 2.24. The summed E-state index contributed by atoms with van der Waals surface area (Å²) in [6.45, 7) is -0.516. The lowest BCUT2D eigenvalue weighted by molar-refractivity contribution is -0.227. The fourth-order valence-electron chi connectivity index (χ4n) is 2.42. The Bertz CT molecular complexity index is 499. The third kappa shape index (κ3) is 3.45. The minimum atomic E-state index is -1.47. The van der Waals surface area contributed by atoms with Gasteiger partial charge in [0.2, 0.25) is 0 Å². The largest absolute Gasteiger partial charge is 0.497 e. The van der Waals surface area contributed by atoms with E-state index < -0.39 is 37.1 Å². The molecule has 1 saturated heterocycles. The fourth-order valence-corrected chi connectivity index (χ4v) is 2.42. The van der Waals surface area contributed by atoms with Crippen molar-refractivity contribution in [2.75, 3.05) is 13.7 Å². The van der Waals surface area contributed by atoms with Crippen molar-refractivity contribution >= 4 is 5.78 Å². The second-order valence-electron chi connectivity index (χ2n) is 5.22. The zero-order chi connectivity index (χ0) is 16.3. The van der Waals surface area contributed by atoms with Crippen LogP contribution in [0.5, 0.6) is 5.75 Å². The molecule has 4 N–H and O–H groups in total. The van der Waals surface area contributed by atoms with E-state index in [9.17, 15) is 20.1 Å². The second kappa shape index (κ2) is 7.17. The van der Waals surface area contributed by atoms with Gasteiger partial charge in [0.15, 0.2) is 5.78 Å². The topological polar surface area (TPSA) is 116 Å². The lowest BCUT2D eigenvalue weighted by atomic mass is 9.91. The molecule has 1 unspecified atom stereocenters. The van der Waals surface area contributed by atoms with Crippen LogP contribution in [0.4, 0.5) is 0 Å². The Morgan fingerprint density at radius 3 is 2.23 bits per heavy atom. The average Bonchev–Trinajstić information content (AvgIpc) is 2.55. The Labute approximate surface area is 127 Å². The molecule has 0 amide bonds. The standard InChI is InChI=1S/C15H20O7/c1-21-9-4-2-8(3-5-9)10(17)6-11-13(18)15(20)14(19)12(7-16)22-11/h2-5,11-16,18-20H,6-7H2,1H3/t11?,12-,13-,14-,15-/m1/s1. The van der Waals surface area contributed by atoms with Gasteiger partial charge in [0.25, 0.3) is 0 Å². The van der Waals surface area contributed by atoms with Crippen molar-refractivity contribution in [3.63, 3.8) is 0 Å². The van der Waals surface area contributed by atoms with Crippen LogP contribution in [0.15, 0.2) is 24.3 Å². The monoisotopic (exact) mass is 312 g/mol. The summed E-state index contributed by atoms with van der Waals surface area (Å²) in [7, 11) is 1.52. The van der Waals surface area contributed by atoms with E-state index in [0.29, 0.717) is 11.3 Å². The number of aliphatic hydroxyl groups excluding tert-OH is 4. The van der Waals surface area contributed by atoms with E-state index in [1.54, 1.807) is 24.3 Å². The van der Waals surface area contributed by atoms with Crippen molar-refractivity contribution in [3.8, 4) is 5.75 Å². The Hall–Kier alpha value is -1.51. The molecule has 1 aliphatic heterocycles. The Morgan fingerprint density at radius 2 is 1.68 bits per heavy atom. The highest BCUT2D eigenvalue weighted by Gasteiger charge is 2.43. The fraction of sp³-hybridized carbons (Fsp3) is 0.533. The Morgan fingerprint density at radius 1 is 1.09 bits per heavy atom. The van der Waals surface area contributed by atoms with Gasteiger partial charge in [-0.05, 0) is 24.3 Å². The number of rotatable bonds is 5. The first-order valence-corrected chi connectivity index (χ1v) is 6.95. The van der Waals surface area contributed by atoms with Gasteiger partial charge in [-0.25, -0.2) is 0 Å². The lowest BCUT2D eigenvalue weighted by Crippen LogP contribution is -2.58. The van der Waals surface area contributed by atoms with Crippen LogP contribution < -0.4 is 4.74 Å². The van der Waals surface area contributed by atoms with Crippen LogP contribution >= 0.6 is 0 Å². The second-order valence-corrected chi connectivity index (χ2v) is 5.22. The Kier molecular flexibility index (Phi) is 5.49. The van der Waals surface area contributed by atoms with Crippen molar-refractivity contribution in [3.05, 3.63) is 29.8 Å². The van der Waals surface area contributed by atoms with Gasteiger partial charge in [0.1, 0.15) is 30.2 Å². The van der Waals surface area contributed by atoms with E-state index in [0.717, 1.165) is 0 Å². The lowest BCUT2D eigenvalue weighted by Gasteiger charge is -2.39. The molecule has 0 bridgehead atoms. The smallest absolute Gasteiger partial charge is 0.165 e. The number of ether oxygens (including phenoxy) is 2. The molecular weight excluding hydrogens is 292 g/mol. The maximum atomic E-state index is 12.2. The number of ketones is 1. The van der Waals surface area contributed by atoms with Crippen LogP contribution in [0.1, 0.15) is 16.8 Å². The summed E-state index contributed by atoms with van der Waals surface area (Å²) in [6, 6.07) is 6.46. The van der Waals surface area contributed by atoms with Crippen LogP contribution in [0, 0.1) is 0 Å². The number of carbonyl (C=O) groups excluding carboxylic acids is 1. The highest BCUT2D eigenvalue weighted by molar-refractivity contribution is 5.96. The molecule has 0 aromatic heterocycles. The molecular formula is C15H20O7. The normalized spacial score (nSPS) is 31.8. The van der Waals surface area contributed by atoms with E-state index in [2.05, 4.69) is 0 Å². The van der Waals surface area contributed by atoms with E-state index in [1.165, 1.54) is 7.11 Å². The molecule has 22 heavy (non-hydrogen) atoms. The van der Waals surface area contributed by atoms with Crippen LogP contribution in [0.25, 0.3) is 0 Å². The highest BCUT2D eigenvalue weighted by atomic mass is 16.5. The van der Waals surface area contributed by atoms with Gasteiger partial charge in [-0.15, -0.1) is 0 Å². The summed E-state index contributed by atoms with van der Waals surface area (Å²) in [5, 5.41) is 38.4. The molecule has 1 aliphatic rings. The first-order chi connectivity index (χ1) is 10.5. The maximum absolute atomic E-state index is 12.2. The van der Waals surface area contributed by atoms with Gasteiger partial charge in [-0.2, -0.15) is 0 Å². The van der Waals surface area contributed by atoms with Gasteiger partial charge in [0, 0.05) is 12.0 Å². The molecule has 1 fully saturated rings. The summed E-state index contributed by atoms with van der Waals surface area (Å²) in [6.07, 6.45) is -6.47. The van der Waals surface area contributed by atoms with Gasteiger partial charge < -0.3 is 29.9 Å². The molecule has 7 nitrogen and oxygen atoms in total. The van der Waals surface area contributed by atoms with Crippen LogP contribution in [-0.4, -0.2) is 70.4 Å². The van der Waals surface area contributed by atoms with Gasteiger partial charge in [-0.1, -0.05) is 0 Å². The SMILES string of the molecule is COc1ccc(C(=O)CC2O[C@H](CO)[C@@H](O)[C@H](O)[C@@H]2O)cc1. The summed E-state index contributed by atoms with van der Waals surface area (Å²) >= 11 is 0. The van der Waals surface area contributed by atoms with Crippen molar-refractivity contribution in [2.45, 2.75) is 36.9 Å². The van der Waals surface area contributed by atoms with E-state index >= 15 is 0 Å². The Balaban J connectivity index is 2.06. The van der Waals surface area contributed by atoms with Crippen LogP contribution in [0.3, 0.4) is 0 Å². The summed E-state index contributed by atoms with van der Waals surface area (Å²) in [4.78, 5) is 12.2. The van der Waals surface area contributed by atoms with Gasteiger partial charge in [0.05, 0.1) is 19.8 Å². The minimum Gasteiger partial charge on any atom is -0.497 e. The maximum Gasteiger partial charge on any atom is 0.165 e. The van der Waals surface area contributed by atoms with E-state index in [4.69, 9.17) is 14.6 Å². The minimum absolute atomic E-state index is 0.173. The number of hydrogen-bond acceptors (Lipinski definition) is 7. The van der Waals surface area contributed by atoms with Crippen LogP contribution in [-0.2, 0) is 4.74 Å². The van der Waals surface area contributed by atoms with Gasteiger partial charge >= 0.3 is 0 Å². The van der Waals surface area contributed by atoms with Crippen molar-refractivity contribution in [1.82, 2.24) is 0 Å². The average molecular weight is 312 g/mol. The molecule has 2 rings (SSSR count). The summed E-state index contributed by atoms with van der Waals surface area (Å²) in [5.41, 5.74) is 0.415. The number of aliphatic hydroxyl groups is 4. The number of Topliss-reactive ketones (excluding diaryl/α,β-unsaturated/α-hetero) is 1. The van der Waals surface area contributed by atoms with Crippen LogP contribution in [0.2, 0.25) is 0 Å². The predicted octanol–water partition coefficient (Wildman–Crippen LogP) is -0.890. The molecule has 0 saturated carbocycles. The summed E-state index contributed by atoms with van der Waals surface area (Å²) in [5.74, 6) is 0.330. The molecule has 0 radical (unpaired) electrons. The molecule has 5 atom stereocenters. The quantitative estimate of drug-likeness (QED) is 0.521. The molecule has 1 aromatic carbocycles. The van der Waals surface area contributed by atoms with Gasteiger partial charge in [-0.3, -0.25) is 4.79 Å². The first-order valence-electron chi connectivity index (χ1n) is 6.95. The number of carbonyl (C=O) groups is 1. The molecule has 0 spiro atoms. The molecule has 0 aliphatic carbocycles. The number of hydrogen-bond donors (Lipinski definition) is 4. The van der Waals surface area contributed by atoms with E-state index in [1.807, 2.05) is 0 Å². The summed E-state index contributed by atoms with van der Waals surface area (Å²) < 4.78 is 10.3. The third-order valence-electron chi connectivity index (χ3n) is 3.79. The predicted molar refractivity (Wildman–Crippen MR) is 75.7 cm³/mol. The van der Waals surface area contributed by atoms with E-state index in [-0.39, 0.29) is 12.2 Å². The number of benzene rings is 1. The zero-order valence-electron chi connectivity index (χ0n) is 12.1. The zero-order valence-corrected chi connectivity index (χ0v) is 12.1. The van der Waals surface area contributed by atoms with Crippen molar-refractivity contribution in [1.29, 1.82) is 0 Å². The molecule has 7 heteroatoms. The molecule has 1 heterocycles. The molecule has 122 valence electrons. The van der Waals surface area contributed by atoms with Crippen molar-refractivity contribution in [2.24, 2.45) is 0 Å². The third-order valence-corrected chi connectivity index (χ3v) is 3.79. The first kappa shape index (κ1) is 16.9. The van der Waals surface area contributed by atoms with Crippen molar-refractivity contribution < 1.29 is 34.7 Å².